The van der Waals surface area contributed by atoms with E-state index < -0.39 is 41.2 Å². The third kappa shape index (κ3) is 4.60. The van der Waals surface area contributed by atoms with Gasteiger partial charge in [0, 0.05) is 0 Å². The number of alkyl halides is 6. The van der Waals surface area contributed by atoms with Crippen LogP contribution in [0, 0.1) is 0 Å². The fraction of sp³-hybridized carbons (Fsp3) is 0.538. The zero-order valence-electron chi connectivity index (χ0n) is 11.1. The van der Waals surface area contributed by atoms with Crippen molar-refractivity contribution in [1.82, 2.24) is 0 Å². The number of halogens is 6. The molecule has 120 valence electrons. The maximum atomic E-state index is 12.7. The Kier molecular flexibility index (Phi) is 5.27. The van der Waals surface area contributed by atoms with E-state index in [9.17, 15) is 31.4 Å². The molecule has 3 N–H and O–H groups in total. The predicted molar refractivity (Wildman–Crippen MR) is 64.3 cm³/mol. The molecule has 21 heavy (non-hydrogen) atoms. The minimum absolute atomic E-state index is 0.0302. The largest absolute Gasteiger partial charge is 0.416 e. The van der Waals surface area contributed by atoms with Crippen LogP contribution in [0.4, 0.5) is 26.3 Å². The summed E-state index contributed by atoms with van der Waals surface area (Å²) >= 11 is 0. The van der Waals surface area contributed by atoms with Gasteiger partial charge < -0.3 is 10.8 Å². The summed E-state index contributed by atoms with van der Waals surface area (Å²) in [5.41, 5.74) is 2.30. The summed E-state index contributed by atoms with van der Waals surface area (Å²) in [6, 6.07) is -0.201. The molecule has 2 nitrogen and oxygen atoms in total. The molecular weight excluding hydrogens is 300 g/mol. The van der Waals surface area contributed by atoms with Crippen LogP contribution in [0.2, 0.25) is 0 Å². The van der Waals surface area contributed by atoms with E-state index >= 15 is 0 Å². The quantitative estimate of drug-likeness (QED) is 0.828. The molecule has 0 bridgehead atoms. The van der Waals surface area contributed by atoms with Crippen LogP contribution >= 0.6 is 0 Å². The number of nitrogens with two attached hydrogens (primary N) is 1. The molecule has 0 aliphatic rings. The van der Waals surface area contributed by atoms with Crippen LogP contribution in [0.3, 0.4) is 0 Å². The number of benzene rings is 1. The average Bonchev–Trinajstić information content (AvgIpc) is 2.35. The highest BCUT2D eigenvalue weighted by atomic mass is 19.4. The first-order valence-electron chi connectivity index (χ1n) is 6.19. The van der Waals surface area contributed by atoms with E-state index in [1.807, 2.05) is 0 Å². The zero-order chi connectivity index (χ0) is 16.4. The van der Waals surface area contributed by atoms with Crippen LogP contribution in [0.5, 0.6) is 0 Å². The minimum atomic E-state index is -4.93. The summed E-state index contributed by atoms with van der Waals surface area (Å²) in [5.74, 6) is 0. The van der Waals surface area contributed by atoms with Gasteiger partial charge in [-0.05, 0) is 30.2 Å². The van der Waals surface area contributed by atoms with E-state index in [0.717, 1.165) is 0 Å². The highest BCUT2D eigenvalue weighted by Crippen LogP contribution is 2.37. The van der Waals surface area contributed by atoms with Crippen molar-refractivity contribution in [1.29, 1.82) is 0 Å². The summed E-state index contributed by atoms with van der Waals surface area (Å²) in [6.45, 7) is 1.71. The second kappa shape index (κ2) is 6.23. The smallest absolute Gasteiger partial charge is 0.391 e. The second-order valence-electron chi connectivity index (χ2n) is 4.72. The van der Waals surface area contributed by atoms with Gasteiger partial charge in [-0.15, -0.1) is 0 Å². The number of hydrogen-bond donors (Lipinski definition) is 2. The topological polar surface area (TPSA) is 46.2 Å². The van der Waals surface area contributed by atoms with Crippen LogP contribution in [-0.4, -0.2) is 11.2 Å². The predicted octanol–water partition coefficient (Wildman–Crippen LogP) is 3.89. The van der Waals surface area contributed by atoms with Crippen LogP contribution in [0.15, 0.2) is 18.2 Å². The van der Waals surface area contributed by atoms with Gasteiger partial charge in [-0.1, -0.05) is 13.3 Å². The molecule has 0 aromatic heterocycles. The van der Waals surface area contributed by atoms with Crippen molar-refractivity contribution >= 4 is 0 Å². The molecule has 0 amide bonds. The molecule has 0 aliphatic heterocycles. The van der Waals surface area contributed by atoms with Gasteiger partial charge in [-0.2, -0.15) is 26.3 Å². The molecule has 0 heterocycles. The van der Waals surface area contributed by atoms with Gasteiger partial charge in [0.25, 0.3) is 0 Å². The lowest BCUT2D eigenvalue weighted by molar-refractivity contribution is -0.143. The summed E-state index contributed by atoms with van der Waals surface area (Å²) in [6.07, 6.45) is -10.4. The van der Waals surface area contributed by atoms with E-state index in [0.29, 0.717) is 18.6 Å². The standard InChI is InChI=1S/C13H15F6NO/c1-2-3-10(21)11(20)7-4-8(12(14,15)16)6-9(5-7)13(17,18)19/h4-6,10-11,21H,2-3,20H2,1H3/t10-,11+/m0/s1. The molecular formula is C13H15F6NO. The first-order valence-corrected chi connectivity index (χ1v) is 6.19. The van der Waals surface area contributed by atoms with Crippen LogP contribution in [0.1, 0.15) is 42.5 Å². The number of aliphatic hydroxyl groups is 1. The Hall–Kier alpha value is -1.28. The zero-order valence-corrected chi connectivity index (χ0v) is 11.1. The monoisotopic (exact) mass is 315 g/mol. The fourth-order valence-electron chi connectivity index (χ4n) is 1.87. The van der Waals surface area contributed by atoms with Crippen molar-refractivity contribution in [2.24, 2.45) is 5.73 Å². The Balaban J connectivity index is 3.32. The van der Waals surface area contributed by atoms with Gasteiger partial charge >= 0.3 is 12.4 Å². The van der Waals surface area contributed by atoms with E-state index in [1.165, 1.54) is 0 Å². The molecule has 0 aliphatic carbocycles. The van der Waals surface area contributed by atoms with Crippen molar-refractivity contribution in [3.8, 4) is 0 Å². The van der Waals surface area contributed by atoms with Gasteiger partial charge in [0.1, 0.15) is 0 Å². The van der Waals surface area contributed by atoms with Gasteiger partial charge in [-0.25, -0.2) is 0 Å². The summed E-state index contributed by atoms with van der Waals surface area (Å²) in [4.78, 5) is 0. The Bertz CT molecular complexity index is 450. The van der Waals surface area contributed by atoms with Crippen molar-refractivity contribution in [2.45, 2.75) is 44.3 Å². The summed E-state index contributed by atoms with van der Waals surface area (Å²) < 4.78 is 76.1. The van der Waals surface area contributed by atoms with Crippen LogP contribution in [-0.2, 0) is 12.4 Å². The molecule has 0 spiro atoms. The van der Waals surface area contributed by atoms with Crippen molar-refractivity contribution < 1.29 is 31.4 Å². The van der Waals surface area contributed by atoms with Crippen molar-refractivity contribution in [3.05, 3.63) is 34.9 Å². The average molecular weight is 315 g/mol. The van der Waals surface area contributed by atoms with Gasteiger partial charge in [-0.3, -0.25) is 0 Å². The molecule has 0 saturated heterocycles. The molecule has 0 saturated carbocycles. The molecule has 1 aromatic rings. The van der Waals surface area contributed by atoms with E-state index in [2.05, 4.69) is 0 Å². The number of rotatable bonds is 4. The lowest BCUT2D eigenvalue weighted by Crippen LogP contribution is -2.27. The van der Waals surface area contributed by atoms with Crippen molar-refractivity contribution in [2.75, 3.05) is 0 Å². The maximum Gasteiger partial charge on any atom is 0.416 e. The fourth-order valence-corrected chi connectivity index (χ4v) is 1.87. The first-order chi connectivity index (χ1) is 9.46. The SMILES string of the molecule is CCC[C@H](O)[C@H](N)c1cc(C(F)(F)F)cc(C(F)(F)F)c1. The first kappa shape index (κ1) is 17.8. The summed E-state index contributed by atoms with van der Waals surface area (Å²) in [7, 11) is 0. The van der Waals surface area contributed by atoms with Gasteiger partial charge in [0.05, 0.1) is 23.3 Å². The van der Waals surface area contributed by atoms with Crippen LogP contribution < -0.4 is 5.73 Å². The normalized spacial score (nSPS) is 15.9. The Morgan fingerprint density at radius 3 is 1.76 bits per heavy atom. The Morgan fingerprint density at radius 1 is 1.00 bits per heavy atom. The Morgan fingerprint density at radius 2 is 1.43 bits per heavy atom. The van der Waals surface area contributed by atoms with Crippen molar-refractivity contribution in [3.63, 3.8) is 0 Å². The second-order valence-corrected chi connectivity index (χ2v) is 4.72. The number of hydrogen-bond acceptors (Lipinski definition) is 2. The van der Waals surface area contributed by atoms with E-state index in [-0.39, 0.29) is 12.5 Å². The highest BCUT2D eigenvalue weighted by molar-refractivity contribution is 5.35. The van der Waals surface area contributed by atoms with Crippen LogP contribution in [0.25, 0.3) is 0 Å². The lowest BCUT2D eigenvalue weighted by Gasteiger charge is -2.21. The molecule has 0 fully saturated rings. The van der Waals surface area contributed by atoms with E-state index in [1.54, 1.807) is 6.92 Å². The minimum Gasteiger partial charge on any atom is -0.391 e. The molecule has 1 rings (SSSR count). The third-order valence-electron chi connectivity index (χ3n) is 2.99. The molecule has 0 radical (unpaired) electrons. The molecule has 2 atom stereocenters. The third-order valence-corrected chi connectivity index (χ3v) is 2.99. The molecule has 0 unspecified atom stereocenters. The lowest BCUT2D eigenvalue weighted by atomic mass is 9.95. The summed E-state index contributed by atoms with van der Waals surface area (Å²) in [5, 5.41) is 9.67. The van der Waals surface area contributed by atoms with Gasteiger partial charge in [0.15, 0.2) is 0 Å². The Labute approximate surface area is 117 Å². The maximum absolute atomic E-state index is 12.7. The van der Waals surface area contributed by atoms with Gasteiger partial charge in [0.2, 0.25) is 0 Å². The molecule has 1 aromatic carbocycles. The number of aliphatic hydroxyl groups excluding tert-OH is 1. The van der Waals surface area contributed by atoms with E-state index in [4.69, 9.17) is 5.73 Å². The highest BCUT2D eigenvalue weighted by Gasteiger charge is 2.37. The molecule has 8 heteroatoms.